The molecule has 0 aliphatic heterocycles. The topological polar surface area (TPSA) is 29.1 Å². The highest BCUT2D eigenvalue weighted by Gasteiger charge is 2.05. The zero-order valence-electron chi connectivity index (χ0n) is 6.36. The first-order valence-corrected chi connectivity index (χ1v) is 4.85. The summed E-state index contributed by atoms with van der Waals surface area (Å²) >= 11 is 12.8. The second kappa shape index (κ2) is 4.12. The van der Waals surface area contributed by atoms with Crippen LogP contribution in [-0.2, 0) is 11.3 Å². The quantitative estimate of drug-likeness (QED) is 0.822. The molecule has 5 heteroatoms. The van der Waals surface area contributed by atoms with E-state index in [0.717, 1.165) is 5.56 Å². The summed E-state index contributed by atoms with van der Waals surface area (Å²) in [6, 6.07) is 1.75. The number of thiophene rings is 1. The minimum absolute atomic E-state index is 0.0756. The van der Waals surface area contributed by atoms with Crippen LogP contribution in [0.5, 0.6) is 0 Å². The predicted molar refractivity (Wildman–Crippen MR) is 51.9 cm³/mol. The molecule has 1 aromatic rings. The lowest BCUT2D eigenvalue weighted by atomic mass is 10.3. The Labute approximate surface area is 84.5 Å². The summed E-state index contributed by atoms with van der Waals surface area (Å²) in [5.74, 6) is -0.0756. The SMILES string of the molecule is CC(=O)NCc1cc(Cl)sc1Cl. The third-order valence-corrected chi connectivity index (χ3v) is 2.82. The lowest BCUT2D eigenvalue weighted by Crippen LogP contribution is -2.18. The van der Waals surface area contributed by atoms with Crippen LogP contribution < -0.4 is 5.32 Å². The van der Waals surface area contributed by atoms with Crippen LogP contribution in [0, 0.1) is 0 Å². The smallest absolute Gasteiger partial charge is 0.217 e. The van der Waals surface area contributed by atoms with Crippen molar-refractivity contribution in [2.75, 3.05) is 0 Å². The van der Waals surface area contributed by atoms with E-state index in [4.69, 9.17) is 23.2 Å². The third kappa shape index (κ3) is 2.66. The van der Waals surface area contributed by atoms with Crippen LogP contribution in [0.2, 0.25) is 8.67 Å². The van der Waals surface area contributed by atoms with Crippen LogP contribution in [0.4, 0.5) is 0 Å². The second-order valence-electron chi connectivity index (χ2n) is 2.26. The summed E-state index contributed by atoms with van der Waals surface area (Å²) in [5, 5.41) is 2.64. The molecule has 0 radical (unpaired) electrons. The van der Waals surface area contributed by atoms with Gasteiger partial charge in [0.2, 0.25) is 5.91 Å². The van der Waals surface area contributed by atoms with Gasteiger partial charge in [-0.25, -0.2) is 0 Å². The van der Waals surface area contributed by atoms with Crippen LogP contribution in [0.15, 0.2) is 6.07 Å². The zero-order chi connectivity index (χ0) is 9.14. The van der Waals surface area contributed by atoms with Gasteiger partial charge in [-0.15, -0.1) is 11.3 Å². The minimum Gasteiger partial charge on any atom is -0.352 e. The van der Waals surface area contributed by atoms with Gasteiger partial charge in [0.25, 0.3) is 0 Å². The van der Waals surface area contributed by atoms with E-state index in [0.29, 0.717) is 15.2 Å². The largest absolute Gasteiger partial charge is 0.352 e. The Morgan fingerprint density at radius 3 is 2.75 bits per heavy atom. The first-order valence-electron chi connectivity index (χ1n) is 3.27. The van der Waals surface area contributed by atoms with Gasteiger partial charge in [0, 0.05) is 19.0 Å². The monoisotopic (exact) mass is 223 g/mol. The number of rotatable bonds is 2. The maximum absolute atomic E-state index is 10.6. The number of nitrogens with one attached hydrogen (secondary N) is 1. The van der Waals surface area contributed by atoms with Crippen molar-refractivity contribution in [1.29, 1.82) is 0 Å². The van der Waals surface area contributed by atoms with Crippen molar-refractivity contribution < 1.29 is 4.79 Å². The lowest BCUT2D eigenvalue weighted by Gasteiger charge is -1.98. The molecule has 0 aromatic carbocycles. The van der Waals surface area contributed by atoms with Crippen molar-refractivity contribution in [3.63, 3.8) is 0 Å². The van der Waals surface area contributed by atoms with Gasteiger partial charge in [-0.3, -0.25) is 4.79 Å². The van der Waals surface area contributed by atoms with E-state index < -0.39 is 0 Å². The molecule has 0 saturated carbocycles. The molecule has 1 heterocycles. The first-order chi connectivity index (χ1) is 5.59. The molecule has 1 aromatic heterocycles. The summed E-state index contributed by atoms with van der Waals surface area (Å²) in [7, 11) is 0. The molecule has 66 valence electrons. The summed E-state index contributed by atoms with van der Waals surface area (Å²) in [5.41, 5.74) is 0.863. The Kier molecular flexibility index (Phi) is 3.38. The van der Waals surface area contributed by atoms with E-state index in [1.54, 1.807) is 6.07 Å². The van der Waals surface area contributed by atoms with E-state index >= 15 is 0 Å². The van der Waals surface area contributed by atoms with Crippen molar-refractivity contribution in [2.24, 2.45) is 0 Å². The average Bonchev–Trinajstić information content (AvgIpc) is 2.26. The Hall–Kier alpha value is -0.250. The third-order valence-electron chi connectivity index (χ3n) is 1.26. The molecular weight excluding hydrogens is 217 g/mol. The Morgan fingerprint density at radius 2 is 2.33 bits per heavy atom. The molecule has 0 fully saturated rings. The van der Waals surface area contributed by atoms with E-state index in [-0.39, 0.29) is 5.91 Å². The number of hydrogen-bond acceptors (Lipinski definition) is 2. The summed E-state index contributed by atoms with van der Waals surface area (Å²) < 4.78 is 1.27. The fourth-order valence-electron chi connectivity index (χ4n) is 0.715. The first kappa shape index (κ1) is 9.84. The summed E-state index contributed by atoms with van der Waals surface area (Å²) in [6.45, 7) is 1.90. The predicted octanol–water partition coefficient (Wildman–Crippen LogP) is 2.69. The molecule has 0 unspecified atom stereocenters. The van der Waals surface area contributed by atoms with Crippen molar-refractivity contribution in [1.82, 2.24) is 5.32 Å². The number of amides is 1. The van der Waals surface area contributed by atoms with Gasteiger partial charge < -0.3 is 5.32 Å². The van der Waals surface area contributed by atoms with E-state index in [1.807, 2.05) is 0 Å². The average molecular weight is 224 g/mol. The van der Waals surface area contributed by atoms with Crippen molar-refractivity contribution >= 4 is 40.4 Å². The molecule has 1 amide bonds. The molecule has 0 saturated heterocycles. The highest BCUT2D eigenvalue weighted by molar-refractivity contribution is 7.20. The van der Waals surface area contributed by atoms with Crippen molar-refractivity contribution in [2.45, 2.75) is 13.5 Å². The number of hydrogen-bond donors (Lipinski definition) is 1. The van der Waals surface area contributed by atoms with E-state index in [2.05, 4.69) is 5.32 Å². The van der Waals surface area contributed by atoms with Crippen molar-refractivity contribution in [3.05, 3.63) is 20.3 Å². The normalized spacial score (nSPS) is 9.92. The van der Waals surface area contributed by atoms with Crippen LogP contribution in [0.25, 0.3) is 0 Å². The highest BCUT2D eigenvalue weighted by Crippen LogP contribution is 2.30. The Morgan fingerprint density at radius 1 is 1.67 bits per heavy atom. The maximum atomic E-state index is 10.6. The Bertz CT molecular complexity index is 298. The second-order valence-corrected chi connectivity index (χ2v) is 4.54. The minimum atomic E-state index is -0.0756. The Balaban J connectivity index is 2.62. The standard InChI is InChI=1S/C7H7Cl2NOS/c1-4(11)10-3-5-2-6(8)12-7(5)9/h2H,3H2,1H3,(H,10,11). The molecule has 0 aliphatic rings. The van der Waals surface area contributed by atoms with Gasteiger partial charge in [0.05, 0.1) is 8.67 Å². The summed E-state index contributed by atoms with van der Waals surface area (Å²) in [6.07, 6.45) is 0. The van der Waals surface area contributed by atoms with Gasteiger partial charge in [-0.1, -0.05) is 23.2 Å². The van der Waals surface area contributed by atoms with Gasteiger partial charge in [-0.2, -0.15) is 0 Å². The molecular formula is C7H7Cl2NOS. The van der Waals surface area contributed by atoms with Gasteiger partial charge in [0.15, 0.2) is 0 Å². The highest BCUT2D eigenvalue weighted by atomic mass is 35.5. The van der Waals surface area contributed by atoms with E-state index in [1.165, 1.54) is 18.3 Å². The van der Waals surface area contributed by atoms with Crippen molar-refractivity contribution in [3.8, 4) is 0 Å². The number of carbonyl (C=O) groups is 1. The lowest BCUT2D eigenvalue weighted by molar-refractivity contribution is -0.119. The van der Waals surface area contributed by atoms with Gasteiger partial charge >= 0.3 is 0 Å². The van der Waals surface area contributed by atoms with Crippen LogP contribution in [-0.4, -0.2) is 5.91 Å². The van der Waals surface area contributed by atoms with E-state index in [9.17, 15) is 4.79 Å². The van der Waals surface area contributed by atoms with Crippen LogP contribution in [0.3, 0.4) is 0 Å². The molecule has 0 spiro atoms. The fraction of sp³-hybridized carbons (Fsp3) is 0.286. The molecule has 0 bridgehead atoms. The molecule has 0 aliphatic carbocycles. The molecule has 1 rings (SSSR count). The molecule has 2 nitrogen and oxygen atoms in total. The van der Waals surface area contributed by atoms with Gasteiger partial charge in [0.1, 0.15) is 0 Å². The fourth-order valence-corrected chi connectivity index (χ4v) is 2.20. The molecule has 12 heavy (non-hydrogen) atoms. The zero-order valence-corrected chi connectivity index (χ0v) is 8.69. The number of halogens is 2. The number of carbonyl (C=O) groups excluding carboxylic acids is 1. The maximum Gasteiger partial charge on any atom is 0.217 e. The van der Waals surface area contributed by atoms with Gasteiger partial charge in [-0.05, 0) is 6.07 Å². The molecule has 1 N–H and O–H groups in total. The molecule has 0 atom stereocenters. The summed E-state index contributed by atoms with van der Waals surface area (Å²) in [4.78, 5) is 10.6. The van der Waals surface area contributed by atoms with Crippen LogP contribution >= 0.6 is 34.5 Å². The van der Waals surface area contributed by atoms with Crippen LogP contribution in [0.1, 0.15) is 12.5 Å².